The first-order valence-electron chi connectivity index (χ1n) is 9.17. The van der Waals surface area contributed by atoms with E-state index >= 15 is 0 Å². The lowest BCUT2D eigenvalue weighted by Crippen LogP contribution is -2.40. The number of ether oxygens (including phenoxy) is 1. The number of hydrogen-bond acceptors (Lipinski definition) is 6. The number of thiophene rings is 1. The van der Waals surface area contributed by atoms with Gasteiger partial charge in [0.05, 0.1) is 35.3 Å². The molecule has 0 unspecified atom stereocenters. The smallest absolute Gasteiger partial charge is 0.264 e. The molecule has 2 heterocycles. The van der Waals surface area contributed by atoms with Crippen molar-refractivity contribution in [1.29, 1.82) is 0 Å². The Morgan fingerprint density at radius 1 is 1.23 bits per heavy atom. The normalized spacial score (nSPS) is 14.7. The van der Waals surface area contributed by atoms with Crippen molar-refractivity contribution in [3.05, 3.63) is 45.8 Å². The largest absolute Gasteiger partial charge is 0.378 e. The SMILES string of the molecule is Cc1ccc(NC(=O)CN(C)S(=O)(=O)c2ccc(C(=O)N3CCOCC3)s2)c(Cl)c1. The van der Waals surface area contributed by atoms with Crippen molar-refractivity contribution in [1.82, 2.24) is 9.21 Å². The minimum atomic E-state index is -3.92. The van der Waals surface area contributed by atoms with Crippen LogP contribution in [0.2, 0.25) is 5.02 Å². The zero-order chi connectivity index (χ0) is 21.9. The number of hydrogen-bond donors (Lipinski definition) is 1. The topological polar surface area (TPSA) is 96.0 Å². The Morgan fingerprint density at radius 2 is 1.93 bits per heavy atom. The lowest BCUT2D eigenvalue weighted by Gasteiger charge is -2.26. The summed E-state index contributed by atoms with van der Waals surface area (Å²) in [6.45, 7) is 3.35. The van der Waals surface area contributed by atoms with Crippen molar-refractivity contribution >= 4 is 50.5 Å². The zero-order valence-corrected chi connectivity index (χ0v) is 18.9. The van der Waals surface area contributed by atoms with Crippen LogP contribution in [0, 0.1) is 6.92 Å². The lowest BCUT2D eigenvalue weighted by atomic mass is 10.2. The summed E-state index contributed by atoms with van der Waals surface area (Å²) >= 11 is 6.99. The lowest BCUT2D eigenvalue weighted by molar-refractivity contribution is -0.116. The average molecular weight is 472 g/mol. The molecule has 0 bridgehead atoms. The summed E-state index contributed by atoms with van der Waals surface area (Å²) in [6, 6.07) is 8.04. The molecule has 1 fully saturated rings. The molecule has 2 amide bonds. The monoisotopic (exact) mass is 471 g/mol. The minimum Gasteiger partial charge on any atom is -0.378 e. The van der Waals surface area contributed by atoms with Crippen LogP contribution in [0.25, 0.3) is 0 Å². The van der Waals surface area contributed by atoms with Gasteiger partial charge >= 0.3 is 0 Å². The summed E-state index contributed by atoms with van der Waals surface area (Å²) in [5.74, 6) is -0.743. The molecule has 2 aromatic rings. The van der Waals surface area contributed by atoms with E-state index in [0.29, 0.717) is 41.9 Å². The number of halogens is 1. The van der Waals surface area contributed by atoms with Gasteiger partial charge in [0.2, 0.25) is 5.91 Å². The fourth-order valence-corrected chi connectivity index (χ4v) is 5.74. The van der Waals surface area contributed by atoms with Crippen LogP contribution in [0.3, 0.4) is 0 Å². The number of nitrogens with zero attached hydrogens (tertiary/aromatic N) is 2. The molecule has 1 aromatic heterocycles. The molecule has 11 heteroatoms. The second kappa shape index (κ2) is 9.44. The van der Waals surface area contributed by atoms with Crippen LogP contribution in [0.4, 0.5) is 5.69 Å². The van der Waals surface area contributed by atoms with Gasteiger partial charge in [-0.05, 0) is 36.8 Å². The average Bonchev–Trinajstić information content (AvgIpc) is 3.21. The van der Waals surface area contributed by atoms with Gasteiger partial charge in [-0.15, -0.1) is 11.3 Å². The van der Waals surface area contributed by atoms with E-state index in [2.05, 4.69) is 5.32 Å². The quantitative estimate of drug-likeness (QED) is 0.698. The van der Waals surface area contributed by atoms with Crippen molar-refractivity contribution in [2.24, 2.45) is 0 Å². The van der Waals surface area contributed by atoms with Gasteiger partial charge in [-0.3, -0.25) is 9.59 Å². The number of benzene rings is 1. The number of nitrogens with one attached hydrogen (secondary N) is 1. The Bertz CT molecular complexity index is 1050. The first-order valence-corrected chi connectivity index (χ1v) is 11.8. The number of rotatable bonds is 6. The van der Waals surface area contributed by atoms with Gasteiger partial charge in [-0.1, -0.05) is 17.7 Å². The number of aryl methyl sites for hydroxylation is 1. The molecule has 1 N–H and O–H groups in total. The summed E-state index contributed by atoms with van der Waals surface area (Å²) < 4.78 is 31.8. The Hall–Kier alpha value is -1.98. The van der Waals surface area contributed by atoms with E-state index in [1.54, 1.807) is 23.1 Å². The predicted molar refractivity (Wildman–Crippen MR) is 116 cm³/mol. The van der Waals surface area contributed by atoms with E-state index in [1.807, 2.05) is 6.92 Å². The minimum absolute atomic E-state index is 0.00257. The van der Waals surface area contributed by atoms with Crippen molar-refractivity contribution in [3.63, 3.8) is 0 Å². The highest BCUT2D eigenvalue weighted by Crippen LogP contribution is 2.26. The summed E-state index contributed by atoms with van der Waals surface area (Å²) in [5, 5.41) is 2.99. The second-order valence-corrected chi connectivity index (χ2v) is 10.6. The van der Waals surface area contributed by atoms with Crippen molar-refractivity contribution in [2.75, 3.05) is 45.2 Å². The molecule has 1 aliphatic heterocycles. The molecule has 30 heavy (non-hydrogen) atoms. The maximum Gasteiger partial charge on any atom is 0.264 e. The summed E-state index contributed by atoms with van der Waals surface area (Å²) in [4.78, 5) is 26.8. The van der Waals surface area contributed by atoms with Crippen molar-refractivity contribution in [2.45, 2.75) is 11.1 Å². The highest BCUT2D eigenvalue weighted by Gasteiger charge is 2.27. The highest BCUT2D eigenvalue weighted by molar-refractivity contribution is 7.91. The standard InChI is InChI=1S/C19H22ClN3O5S2/c1-13-3-4-15(14(20)11-13)21-17(24)12-22(2)30(26,27)18-6-5-16(29-18)19(25)23-7-9-28-10-8-23/h3-6,11H,7-10,12H2,1-2H3,(H,21,24). The molecule has 0 spiro atoms. The molecular formula is C19H22ClN3O5S2. The number of morpholine rings is 1. The van der Waals surface area contributed by atoms with Crippen LogP contribution in [-0.2, 0) is 19.6 Å². The Balaban J connectivity index is 1.66. The zero-order valence-electron chi connectivity index (χ0n) is 16.6. The molecule has 0 saturated carbocycles. The first-order chi connectivity index (χ1) is 14.2. The van der Waals surface area contributed by atoms with E-state index in [9.17, 15) is 18.0 Å². The molecule has 0 radical (unpaired) electrons. The van der Waals surface area contributed by atoms with Crippen LogP contribution in [0.1, 0.15) is 15.2 Å². The van der Waals surface area contributed by atoms with Gasteiger partial charge in [-0.2, -0.15) is 4.31 Å². The van der Waals surface area contributed by atoms with Crippen LogP contribution in [-0.4, -0.2) is 69.3 Å². The van der Waals surface area contributed by atoms with E-state index in [0.717, 1.165) is 21.2 Å². The molecule has 8 nitrogen and oxygen atoms in total. The first kappa shape index (κ1) is 22.7. The summed E-state index contributed by atoms with van der Waals surface area (Å²) in [5.41, 5.74) is 1.35. The van der Waals surface area contributed by atoms with Gasteiger partial charge in [0.1, 0.15) is 4.21 Å². The third kappa shape index (κ3) is 5.19. The highest BCUT2D eigenvalue weighted by atomic mass is 35.5. The molecule has 1 saturated heterocycles. The molecule has 1 aliphatic rings. The maximum absolute atomic E-state index is 12.8. The summed E-state index contributed by atoms with van der Waals surface area (Å²) in [7, 11) is -2.61. The Kier molecular flexibility index (Phi) is 7.14. The number of anilines is 1. The van der Waals surface area contributed by atoms with Gasteiger partial charge in [0, 0.05) is 20.1 Å². The van der Waals surface area contributed by atoms with Crippen LogP contribution in [0.15, 0.2) is 34.5 Å². The number of amides is 2. The van der Waals surface area contributed by atoms with Crippen molar-refractivity contribution < 1.29 is 22.7 Å². The van der Waals surface area contributed by atoms with E-state index < -0.39 is 22.5 Å². The van der Waals surface area contributed by atoms with Gasteiger partial charge < -0.3 is 15.0 Å². The number of sulfonamides is 1. The van der Waals surface area contributed by atoms with Crippen LogP contribution >= 0.6 is 22.9 Å². The number of carbonyl (C=O) groups excluding carboxylic acids is 2. The van der Waals surface area contributed by atoms with Gasteiger partial charge in [-0.25, -0.2) is 8.42 Å². The molecular weight excluding hydrogens is 450 g/mol. The third-order valence-electron chi connectivity index (χ3n) is 4.52. The van der Waals surface area contributed by atoms with Gasteiger partial charge in [0.15, 0.2) is 0 Å². The molecule has 3 rings (SSSR count). The molecule has 1 aromatic carbocycles. The van der Waals surface area contributed by atoms with Gasteiger partial charge in [0.25, 0.3) is 15.9 Å². The molecule has 0 atom stereocenters. The number of carbonyl (C=O) groups is 2. The number of likely N-dealkylation sites (N-methyl/N-ethyl adjacent to an activating group) is 1. The van der Waals surface area contributed by atoms with E-state index in [4.69, 9.17) is 16.3 Å². The maximum atomic E-state index is 12.8. The third-order valence-corrected chi connectivity index (χ3v) is 8.18. The second-order valence-electron chi connectivity index (χ2n) is 6.82. The van der Waals surface area contributed by atoms with Crippen LogP contribution < -0.4 is 5.32 Å². The van der Waals surface area contributed by atoms with Crippen LogP contribution in [0.5, 0.6) is 0 Å². The Morgan fingerprint density at radius 3 is 2.60 bits per heavy atom. The molecule has 0 aliphatic carbocycles. The fourth-order valence-electron chi connectivity index (χ4n) is 2.85. The predicted octanol–water partition coefficient (Wildman–Crippen LogP) is 2.44. The van der Waals surface area contributed by atoms with E-state index in [1.165, 1.54) is 19.2 Å². The Labute approximate surface area is 184 Å². The van der Waals surface area contributed by atoms with Crippen molar-refractivity contribution in [3.8, 4) is 0 Å². The summed E-state index contributed by atoms with van der Waals surface area (Å²) in [6.07, 6.45) is 0. The molecule has 162 valence electrons. The van der Waals surface area contributed by atoms with E-state index in [-0.39, 0.29) is 10.1 Å². The fraction of sp³-hybridized carbons (Fsp3) is 0.368.